The van der Waals surface area contributed by atoms with Crippen molar-refractivity contribution in [2.45, 2.75) is 18.2 Å². The minimum absolute atomic E-state index is 0.0764. The van der Waals surface area contributed by atoms with E-state index in [4.69, 9.17) is 11.6 Å². The zero-order valence-corrected chi connectivity index (χ0v) is 15.9. The molecule has 0 amide bonds. The maximum absolute atomic E-state index is 12.7. The Morgan fingerprint density at radius 2 is 1.62 bits per heavy atom. The molecule has 0 saturated heterocycles. The molecule has 0 aliphatic rings. The minimum atomic E-state index is -4.95. The van der Waals surface area contributed by atoms with Crippen LogP contribution < -0.4 is 20.6 Å². The number of aryl methyl sites for hydroxylation is 1. The van der Waals surface area contributed by atoms with Crippen molar-refractivity contribution in [2.24, 2.45) is 0 Å². The number of sulfonamides is 1. The molecule has 2 aromatic carbocycles. The van der Waals surface area contributed by atoms with Crippen molar-refractivity contribution in [3.8, 4) is 5.75 Å². The van der Waals surface area contributed by atoms with Gasteiger partial charge in [-0.2, -0.15) is 0 Å². The quantitative estimate of drug-likeness (QED) is 0.529. The van der Waals surface area contributed by atoms with Gasteiger partial charge in [0.2, 0.25) is 0 Å². The molecule has 0 aliphatic carbocycles. The molecule has 0 atom stereocenters. The Hall–Kier alpha value is -2.99. The van der Waals surface area contributed by atoms with E-state index in [1.807, 2.05) is 0 Å². The van der Waals surface area contributed by atoms with E-state index in [1.165, 1.54) is 13.0 Å². The number of H-pyrrole nitrogens is 2. The van der Waals surface area contributed by atoms with E-state index >= 15 is 0 Å². The Kier molecular flexibility index (Phi) is 5.09. The summed E-state index contributed by atoms with van der Waals surface area (Å²) < 4.78 is 68.2. The van der Waals surface area contributed by atoms with E-state index < -0.39 is 38.3 Å². The van der Waals surface area contributed by atoms with E-state index in [0.717, 1.165) is 24.3 Å². The fraction of sp³-hybridized carbons (Fsp3) is 0.125. The molecule has 0 unspecified atom stereocenters. The van der Waals surface area contributed by atoms with E-state index in [9.17, 15) is 31.2 Å². The normalized spacial score (nSPS) is 12.2. The van der Waals surface area contributed by atoms with Gasteiger partial charge in [-0.1, -0.05) is 11.6 Å². The first-order valence-electron chi connectivity index (χ1n) is 7.71. The fourth-order valence-corrected chi connectivity index (χ4v) is 4.05. The highest BCUT2D eigenvalue weighted by atomic mass is 35.5. The first-order valence-corrected chi connectivity index (χ1v) is 9.57. The number of hydrogen-bond donors (Lipinski definition) is 3. The third kappa shape index (κ3) is 4.54. The summed E-state index contributed by atoms with van der Waals surface area (Å²) in [6.45, 7) is 1.46. The lowest BCUT2D eigenvalue weighted by atomic mass is 10.2. The molecule has 0 saturated carbocycles. The molecule has 1 heterocycles. The summed E-state index contributed by atoms with van der Waals surface area (Å²) in [5.74, 6) is -0.689. The maximum atomic E-state index is 12.7. The van der Waals surface area contributed by atoms with Crippen molar-refractivity contribution < 1.29 is 26.3 Å². The summed E-state index contributed by atoms with van der Waals surface area (Å²) >= 11 is 5.72. The smallest absolute Gasteiger partial charge is 0.404 e. The zero-order valence-electron chi connectivity index (χ0n) is 14.3. The number of aromatic amines is 2. The second kappa shape index (κ2) is 7.12. The van der Waals surface area contributed by atoms with Crippen molar-refractivity contribution in [3.05, 3.63) is 61.6 Å². The van der Waals surface area contributed by atoms with Gasteiger partial charge in [0.1, 0.15) is 5.75 Å². The van der Waals surface area contributed by atoms with Gasteiger partial charge in [-0.3, -0.25) is 14.3 Å². The largest absolute Gasteiger partial charge is 0.573 e. The summed E-state index contributed by atoms with van der Waals surface area (Å²) in [7, 11) is -4.21. The summed E-state index contributed by atoms with van der Waals surface area (Å²) in [5, 5.41) is -0.459. The fourth-order valence-electron chi connectivity index (χ4n) is 2.52. The Morgan fingerprint density at radius 3 is 2.17 bits per heavy atom. The van der Waals surface area contributed by atoms with Crippen molar-refractivity contribution >= 4 is 38.3 Å². The van der Waals surface area contributed by atoms with Gasteiger partial charge < -0.3 is 14.7 Å². The number of alkyl halides is 3. The maximum Gasteiger partial charge on any atom is 0.573 e. The second-order valence-corrected chi connectivity index (χ2v) is 7.93. The molecule has 0 bridgehead atoms. The van der Waals surface area contributed by atoms with E-state index in [2.05, 4.69) is 19.4 Å². The van der Waals surface area contributed by atoms with Crippen LogP contribution in [0.2, 0.25) is 5.02 Å². The lowest BCUT2D eigenvalue weighted by Crippen LogP contribution is -2.29. The first kappa shape index (κ1) is 20.7. The molecule has 154 valence electrons. The van der Waals surface area contributed by atoms with Gasteiger partial charge in [0, 0.05) is 0 Å². The summed E-state index contributed by atoms with van der Waals surface area (Å²) in [6, 6.07) is 5.36. The molecular formula is C16H11ClF3N3O5S. The Morgan fingerprint density at radius 1 is 1.03 bits per heavy atom. The monoisotopic (exact) mass is 449 g/mol. The average Bonchev–Trinajstić information content (AvgIpc) is 2.57. The zero-order chi connectivity index (χ0) is 21.6. The number of halogens is 4. The molecule has 3 N–H and O–H groups in total. The average molecular weight is 450 g/mol. The van der Waals surface area contributed by atoms with Crippen molar-refractivity contribution in [2.75, 3.05) is 4.72 Å². The Labute approximate surface area is 165 Å². The number of nitrogens with one attached hydrogen (secondary N) is 3. The van der Waals surface area contributed by atoms with Gasteiger partial charge in [0.15, 0.2) is 0 Å². The molecule has 0 radical (unpaired) electrons. The number of fused-ring (bicyclic) bond motifs is 1. The molecule has 13 heteroatoms. The molecule has 0 spiro atoms. The van der Waals surface area contributed by atoms with Crippen LogP contribution in [0.3, 0.4) is 0 Å². The second-order valence-electron chi connectivity index (χ2n) is 5.87. The van der Waals surface area contributed by atoms with Crippen LogP contribution >= 0.6 is 11.6 Å². The van der Waals surface area contributed by atoms with Crippen LogP contribution in [-0.2, 0) is 10.0 Å². The standard InChI is InChI=1S/C16H11ClF3N3O5S/c1-7-4-10-11(22-15(25)14(24)21-10)6-13(7)29(26,27)23-8-2-3-12(9(17)5-8)28-16(18,19)20/h2-6,23H,1H3,(H,21,24)(H,22,25). The first-order chi connectivity index (χ1) is 13.4. The summed E-state index contributed by atoms with van der Waals surface area (Å²) in [6.07, 6.45) is -4.95. The number of benzene rings is 2. The third-order valence-electron chi connectivity index (χ3n) is 3.72. The van der Waals surface area contributed by atoms with Gasteiger partial charge in [0.25, 0.3) is 10.0 Å². The van der Waals surface area contributed by atoms with E-state index in [-0.39, 0.29) is 27.2 Å². The highest BCUT2D eigenvalue weighted by Crippen LogP contribution is 2.33. The van der Waals surface area contributed by atoms with Crippen molar-refractivity contribution in [1.82, 2.24) is 9.97 Å². The predicted molar refractivity (Wildman–Crippen MR) is 98.9 cm³/mol. The van der Waals surface area contributed by atoms with Gasteiger partial charge in [-0.25, -0.2) is 8.42 Å². The number of hydrogen-bond acceptors (Lipinski definition) is 5. The molecule has 0 aliphatic heterocycles. The highest BCUT2D eigenvalue weighted by molar-refractivity contribution is 7.92. The third-order valence-corrected chi connectivity index (χ3v) is 5.54. The molecule has 3 aromatic rings. The van der Waals surface area contributed by atoms with E-state index in [0.29, 0.717) is 0 Å². The van der Waals surface area contributed by atoms with Crippen molar-refractivity contribution in [3.63, 3.8) is 0 Å². The molecule has 29 heavy (non-hydrogen) atoms. The summed E-state index contributed by atoms with van der Waals surface area (Å²) in [5.41, 5.74) is -1.41. The van der Waals surface area contributed by atoms with Crippen LogP contribution in [0.5, 0.6) is 5.75 Å². The van der Waals surface area contributed by atoms with Crippen LogP contribution in [0.15, 0.2) is 44.8 Å². The van der Waals surface area contributed by atoms with Gasteiger partial charge in [-0.05, 0) is 42.8 Å². The summed E-state index contributed by atoms with van der Waals surface area (Å²) in [4.78, 5) is 27.2. The number of rotatable bonds is 4. The lowest BCUT2D eigenvalue weighted by molar-refractivity contribution is -0.274. The van der Waals surface area contributed by atoms with Gasteiger partial charge >= 0.3 is 17.5 Å². The molecule has 8 nitrogen and oxygen atoms in total. The van der Waals surface area contributed by atoms with Crippen LogP contribution in [0.4, 0.5) is 18.9 Å². The van der Waals surface area contributed by atoms with Gasteiger partial charge in [0.05, 0.1) is 26.6 Å². The number of anilines is 1. The Balaban J connectivity index is 1.98. The van der Waals surface area contributed by atoms with Crippen LogP contribution in [0.1, 0.15) is 5.56 Å². The molecule has 1 aromatic heterocycles. The van der Waals surface area contributed by atoms with Crippen LogP contribution in [-0.4, -0.2) is 24.7 Å². The minimum Gasteiger partial charge on any atom is -0.404 e. The molecule has 0 fully saturated rings. The highest BCUT2D eigenvalue weighted by Gasteiger charge is 2.32. The van der Waals surface area contributed by atoms with Crippen LogP contribution in [0, 0.1) is 6.92 Å². The van der Waals surface area contributed by atoms with E-state index in [1.54, 1.807) is 0 Å². The molecular weight excluding hydrogens is 439 g/mol. The number of aromatic nitrogens is 2. The topological polar surface area (TPSA) is 121 Å². The van der Waals surface area contributed by atoms with Crippen LogP contribution in [0.25, 0.3) is 11.0 Å². The number of ether oxygens (including phenoxy) is 1. The van der Waals surface area contributed by atoms with Gasteiger partial charge in [-0.15, -0.1) is 13.2 Å². The predicted octanol–water partition coefficient (Wildman–Crippen LogP) is 2.88. The van der Waals surface area contributed by atoms with Crippen molar-refractivity contribution in [1.29, 1.82) is 0 Å². The Bertz CT molecular complexity index is 1330. The lowest BCUT2D eigenvalue weighted by Gasteiger charge is -2.14. The molecule has 3 rings (SSSR count). The SMILES string of the molecule is Cc1cc2[nH]c(=O)c(=O)[nH]c2cc1S(=O)(=O)Nc1ccc(OC(F)(F)F)c(Cl)c1.